The second kappa shape index (κ2) is 27.4. The number of H-pyrrole nitrogens is 2. The summed E-state index contributed by atoms with van der Waals surface area (Å²) in [5.74, 6) is 3.65. The van der Waals surface area contributed by atoms with Gasteiger partial charge >= 0.3 is 0 Å². The molecule has 2 aliphatic rings. The number of amides is 2. The molecule has 0 spiro atoms. The number of carbonyl (C=O) groups excluding carboxylic acids is 2. The largest absolute Gasteiger partial charge is 0.493 e. The van der Waals surface area contributed by atoms with Gasteiger partial charge in [0, 0.05) is 105 Å². The van der Waals surface area contributed by atoms with Gasteiger partial charge in [-0.25, -0.2) is 0 Å². The minimum atomic E-state index is 0.186. The maximum Gasteiger partial charge on any atom is 0.226 e. The number of likely N-dealkylation sites (N-methyl/N-ethyl adjacent to an activating group) is 3. The van der Waals surface area contributed by atoms with Crippen LogP contribution in [0.2, 0.25) is 0 Å². The quantitative estimate of drug-likeness (QED) is 0.0414. The summed E-state index contributed by atoms with van der Waals surface area (Å²) >= 11 is 0. The molecule has 2 saturated carbocycles. The standard InChI is InChI=1S/C54H84N10O4/c1-40(2)36-63(51(65)24-30-67-49-13-9-8-10-14-49)47-20-18-44(19-21-47)54-46(35-58-60-54)39-62(7)29-27-56-33-42-12-11-15-50(32-42)68-31-25-52(66)64(37-41(3)4)48-22-16-43(17-23-48)53-45(34-57-59-53)38-61(6)28-26-55-5/h8-15,32,34-35,40-41,43-44,47-48,55-56H,16-31,33,36-39H2,1-7H3,(H,57,59)(H,58,60). The molecule has 0 unspecified atom stereocenters. The van der Waals surface area contributed by atoms with E-state index in [9.17, 15) is 9.59 Å². The summed E-state index contributed by atoms with van der Waals surface area (Å²) in [6, 6.07) is 18.5. The van der Waals surface area contributed by atoms with Crippen LogP contribution in [0.25, 0.3) is 0 Å². The normalized spacial score (nSPS) is 18.7. The van der Waals surface area contributed by atoms with Crippen LogP contribution in [0.1, 0.15) is 132 Å². The molecule has 2 aromatic carbocycles. The van der Waals surface area contributed by atoms with Gasteiger partial charge in [0.1, 0.15) is 11.5 Å². The van der Waals surface area contributed by atoms with E-state index in [2.05, 4.69) is 105 Å². The Morgan fingerprint density at radius 2 is 1.15 bits per heavy atom. The van der Waals surface area contributed by atoms with Crippen LogP contribution in [0.4, 0.5) is 0 Å². The first-order chi connectivity index (χ1) is 33.0. The van der Waals surface area contributed by atoms with Crippen molar-refractivity contribution in [2.45, 2.75) is 135 Å². The summed E-state index contributed by atoms with van der Waals surface area (Å²) in [6.07, 6.45) is 12.9. The summed E-state index contributed by atoms with van der Waals surface area (Å²) in [5.41, 5.74) is 6.21. The molecule has 2 amide bonds. The Morgan fingerprint density at radius 3 is 1.65 bits per heavy atom. The fraction of sp³-hybridized carbons (Fsp3) is 0.630. The zero-order valence-electron chi connectivity index (χ0n) is 42.5. The minimum absolute atomic E-state index is 0.186. The van der Waals surface area contributed by atoms with Crippen LogP contribution in [0.3, 0.4) is 0 Å². The molecule has 68 heavy (non-hydrogen) atoms. The van der Waals surface area contributed by atoms with Gasteiger partial charge in [-0.05, 0) is 114 Å². The van der Waals surface area contributed by atoms with Crippen LogP contribution in [-0.4, -0.2) is 138 Å². The number of para-hydroxylation sites is 1. The second-order valence-corrected chi connectivity index (χ2v) is 20.4. The molecule has 14 nitrogen and oxygen atoms in total. The number of ether oxygens (including phenoxy) is 2. The highest BCUT2D eigenvalue weighted by molar-refractivity contribution is 5.77. The first-order valence-corrected chi connectivity index (χ1v) is 25.7. The Morgan fingerprint density at radius 1 is 0.662 bits per heavy atom. The summed E-state index contributed by atoms with van der Waals surface area (Å²) < 4.78 is 12.1. The third-order valence-corrected chi connectivity index (χ3v) is 13.8. The molecule has 4 N–H and O–H groups in total. The van der Waals surface area contributed by atoms with E-state index in [1.807, 2.05) is 61.9 Å². The Labute approximate surface area is 407 Å². The zero-order valence-corrected chi connectivity index (χ0v) is 42.5. The van der Waals surface area contributed by atoms with Gasteiger partial charge in [0.2, 0.25) is 11.8 Å². The topological polar surface area (TPSA) is 147 Å². The highest BCUT2D eigenvalue weighted by atomic mass is 16.5. The number of benzene rings is 2. The summed E-state index contributed by atoms with van der Waals surface area (Å²) in [4.78, 5) is 36.2. The van der Waals surface area contributed by atoms with Crippen LogP contribution < -0.4 is 20.1 Å². The number of hydrogen-bond acceptors (Lipinski definition) is 10. The van der Waals surface area contributed by atoms with Crippen LogP contribution in [0.5, 0.6) is 11.5 Å². The van der Waals surface area contributed by atoms with Gasteiger partial charge in [0.05, 0.1) is 38.4 Å². The van der Waals surface area contributed by atoms with Gasteiger partial charge in [-0.2, -0.15) is 10.2 Å². The Bertz CT molecular complexity index is 2060. The van der Waals surface area contributed by atoms with Crippen molar-refractivity contribution >= 4 is 11.8 Å². The molecule has 374 valence electrons. The monoisotopic (exact) mass is 937 g/mol. The van der Waals surface area contributed by atoms with E-state index >= 15 is 0 Å². The van der Waals surface area contributed by atoms with Crippen LogP contribution >= 0.6 is 0 Å². The SMILES string of the molecule is CNCCN(C)Cc1cn[nH]c1C1CCC(N(CC(C)C)C(=O)CCOc2cccc(CNCCN(C)Cc3cn[nH]c3C3CCC(N(CC(C)C)C(=O)CCOc4ccccc4)CC3)c2)CC1. The van der Waals surface area contributed by atoms with Gasteiger partial charge in [-0.15, -0.1) is 0 Å². The lowest BCUT2D eigenvalue weighted by Gasteiger charge is -2.38. The van der Waals surface area contributed by atoms with Crippen molar-refractivity contribution in [1.82, 2.24) is 50.6 Å². The predicted octanol–water partition coefficient (Wildman–Crippen LogP) is 7.97. The van der Waals surface area contributed by atoms with E-state index in [0.29, 0.717) is 49.7 Å². The fourth-order valence-corrected chi connectivity index (χ4v) is 10.3. The number of carbonyl (C=O) groups is 2. The fourth-order valence-electron chi connectivity index (χ4n) is 10.3. The highest BCUT2D eigenvalue weighted by Gasteiger charge is 2.33. The molecule has 4 aromatic rings. The lowest BCUT2D eigenvalue weighted by molar-refractivity contribution is -0.136. The number of nitrogens with zero attached hydrogens (tertiary/aromatic N) is 6. The van der Waals surface area contributed by atoms with Gasteiger partial charge in [-0.3, -0.25) is 19.8 Å². The van der Waals surface area contributed by atoms with Crippen LogP contribution in [0.15, 0.2) is 67.0 Å². The molecule has 2 fully saturated rings. The van der Waals surface area contributed by atoms with Gasteiger partial charge in [-0.1, -0.05) is 58.0 Å². The molecule has 0 radical (unpaired) electrons. The van der Waals surface area contributed by atoms with Crippen molar-refractivity contribution in [2.75, 3.05) is 73.6 Å². The number of aromatic amines is 2. The molecular formula is C54H84N10O4. The number of nitrogens with one attached hydrogen (secondary N) is 4. The molecule has 2 aromatic heterocycles. The predicted molar refractivity (Wildman–Crippen MR) is 272 cm³/mol. The first kappa shape index (κ1) is 52.6. The second-order valence-electron chi connectivity index (χ2n) is 20.4. The summed E-state index contributed by atoms with van der Waals surface area (Å²) in [5, 5.41) is 22.4. The number of aromatic nitrogens is 4. The first-order valence-electron chi connectivity index (χ1n) is 25.7. The van der Waals surface area contributed by atoms with Crippen molar-refractivity contribution in [3.05, 3.63) is 95.1 Å². The molecule has 2 aliphatic carbocycles. The minimum Gasteiger partial charge on any atom is -0.493 e. The smallest absolute Gasteiger partial charge is 0.226 e. The summed E-state index contributed by atoms with van der Waals surface area (Å²) in [7, 11) is 6.31. The maximum atomic E-state index is 13.8. The third kappa shape index (κ3) is 16.4. The van der Waals surface area contributed by atoms with E-state index in [1.165, 1.54) is 22.5 Å². The van der Waals surface area contributed by atoms with Crippen molar-refractivity contribution in [2.24, 2.45) is 11.8 Å². The average Bonchev–Trinajstić information content (AvgIpc) is 4.00. The van der Waals surface area contributed by atoms with Gasteiger partial charge < -0.3 is 39.7 Å². The van der Waals surface area contributed by atoms with E-state index in [0.717, 1.165) is 127 Å². The number of rotatable bonds is 28. The Balaban J connectivity index is 0.887. The van der Waals surface area contributed by atoms with E-state index in [1.54, 1.807) is 0 Å². The molecule has 0 aliphatic heterocycles. The third-order valence-electron chi connectivity index (χ3n) is 13.8. The van der Waals surface area contributed by atoms with E-state index in [4.69, 9.17) is 9.47 Å². The maximum absolute atomic E-state index is 13.8. The van der Waals surface area contributed by atoms with Crippen molar-refractivity contribution in [1.29, 1.82) is 0 Å². The Kier molecular flexibility index (Phi) is 21.2. The molecule has 0 atom stereocenters. The lowest BCUT2D eigenvalue weighted by Crippen LogP contribution is -2.44. The van der Waals surface area contributed by atoms with Gasteiger partial charge in [0.15, 0.2) is 0 Å². The lowest BCUT2D eigenvalue weighted by atomic mass is 9.82. The average molecular weight is 937 g/mol. The number of hydrogen-bond donors (Lipinski definition) is 4. The Hall–Kier alpha value is -4.76. The summed E-state index contributed by atoms with van der Waals surface area (Å²) in [6.45, 7) is 17.2. The van der Waals surface area contributed by atoms with E-state index in [-0.39, 0.29) is 23.9 Å². The van der Waals surface area contributed by atoms with Gasteiger partial charge in [0.25, 0.3) is 0 Å². The van der Waals surface area contributed by atoms with Crippen LogP contribution in [-0.2, 0) is 29.2 Å². The van der Waals surface area contributed by atoms with Crippen LogP contribution in [0, 0.1) is 11.8 Å². The highest BCUT2D eigenvalue weighted by Crippen LogP contribution is 2.37. The van der Waals surface area contributed by atoms with Crippen molar-refractivity contribution < 1.29 is 19.1 Å². The molecule has 14 heteroatoms. The van der Waals surface area contributed by atoms with E-state index < -0.39 is 0 Å². The molecular weight excluding hydrogens is 853 g/mol. The molecule has 6 rings (SSSR count). The van der Waals surface area contributed by atoms with Crippen molar-refractivity contribution in [3.8, 4) is 11.5 Å². The molecule has 2 heterocycles. The van der Waals surface area contributed by atoms with Crippen molar-refractivity contribution in [3.63, 3.8) is 0 Å². The molecule has 0 bridgehead atoms. The molecule has 0 saturated heterocycles. The zero-order chi connectivity index (χ0) is 48.3.